The predicted octanol–water partition coefficient (Wildman–Crippen LogP) is 3.06. The second-order valence-electron chi connectivity index (χ2n) is 6.55. The highest BCUT2D eigenvalue weighted by molar-refractivity contribution is 5.46. The van der Waals surface area contributed by atoms with Crippen LogP contribution < -0.4 is 5.32 Å². The van der Waals surface area contributed by atoms with Gasteiger partial charge in [0, 0.05) is 6.54 Å². The highest BCUT2D eigenvalue weighted by atomic mass is 16.5. The average Bonchev–Trinajstić information content (AvgIpc) is 2.87. The number of hydrogen-bond acceptors (Lipinski definition) is 3. The summed E-state index contributed by atoms with van der Waals surface area (Å²) in [5.74, 6) is 0.751. The zero-order valence-corrected chi connectivity index (χ0v) is 13.3. The van der Waals surface area contributed by atoms with E-state index in [9.17, 15) is 4.79 Å². The minimum absolute atomic E-state index is 0.0597. The number of nitrogens with zero attached hydrogens (tertiary/aromatic N) is 1. The molecule has 3 unspecified atom stereocenters. The van der Waals surface area contributed by atoms with E-state index in [0.29, 0.717) is 0 Å². The third kappa shape index (κ3) is 3.33. The Morgan fingerprint density at radius 1 is 1.23 bits per heavy atom. The van der Waals surface area contributed by atoms with Gasteiger partial charge in [-0.25, -0.2) is 0 Å². The summed E-state index contributed by atoms with van der Waals surface area (Å²) in [6.07, 6.45) is 7.15. The van der Waals surface area contributed by atoms with Gasteiger partial charge in [0.25, 0.3) is 0 Å². The molecule has 1 aliphatic heterocycles. The minimum Gasteiger partial charge on any atom is -0.334 e. The lowest BCUT2D eigenvalue weighted by atomic mass is 9.88. The van der Waals surface area contributed by atoms with Crippen LogP contribution in [0.5, 0.6) is 0 Å². The molecule has 1 aliphatic carbocycles. The lowest BCUT2D eigenvalue weighted by Gasteiger charge is -2.32. The first kappa shape index (κ1) is 15.5. The number of carbonyl (C=O) groups excluding carboxylic acids is 1. The molecule has 0 aromatic heterocycles. The molecule has 22 heavy (non-hydrogen) atoms. The van der Waals surface area contributed by atoms with E-state index in [0.717, 1.165) is 18.9 Å². The van der Waals surface area contributed by atoms with Crippen molar-refractivity contribution in [2.45, 2.75) is 57.5 Å². The third-order valence-electron chi connectivity index (χ3n) is 5.05. The Morgan fingerprint density at radius 2 is 1.95 bits per heavy atom. The Morgan fingerprint density at radius 3 is 2.64 bits per heavy atom. The summed E-state index contributed by atoms with van der Waals surface area (Å²) in [5, 5.41) is 2.82. The zero-order chi connectivity index (χ0) is 15.4. The van der Waals surface area contributed by atoms with Crippen molar-refractivity contribution in [2.24, 2.45) is 5.92 Å². The molecule has 0 bridgehead atoms. The number of rotatable bonds is 5. The van der Waals surface area contributed by atoms with E-state index in [2.05, 4.69) is 29.3 Å². The molecule has 120 valence electrons. The number of carbonyl (C=O) groups is 1. The molecular formula is C18H26N2O2. The number of nitrogens with one attached hydrogen (secondary N) is 1. The summed E-state index contributed by atoms with van der Waals surface area (Å²) in [7, 11) is 0. The van der Waals surface area contributed by atoms with Gasteiger partial charge in [-0.1, -0.05) is 49.6 Å². The molecule has 1 saturated heterocycles. The van der Waals surface area contributed by atoms with E-state index < -0.39 is 0 Å². The molecule has 1 aromatic carbocycles. The molecule has 1 N–H and O–H groups in total. The van der Waals surface area contributed by atoms with Gasteiger partial charge >= 0.3 is 0 Å². The van der Waals surface area contributed by atoms with Crippen LogP contribution in [0.1, 0.15) is 50.8 Å². The van der Waals surface area contributed by atoms with Gasteiger partial charge in [0.1, 0.15) is 12.5 Å². The highest BCUT2D eigenvalue weighted by Gasteiger charge is 2.41. The largest absolute Gasteiger partial charge is 0.334 e. The standard InChI is InChI=1S/C18H26N2O2/c1-14-17(19-13-21)22-18(16-10-6-3-7-11-16)20(14)12-15-8-4-2-5-9-15/h3,6-7,10-11,13-15,17-18H,2,4-5,8-9,12H2,1H3,(H,19,21). The first-order chi connectivity index (χ1) is 10.8. The van der Waals surface area contributed by atoms with E-state index in [4.69, 9.17) is 4.74 Å². The predicted molar refractivity (Wildman–Crippen MR) is 86.0 cm³/mol. The van der Waals surface area contributed by atoms with Crippen molar-refractivity contribution in [3.8, 4) is 0 Å². The molecular weight excluding hydrogens is 276 g/mol. The van der Waals surface area contributed by atoms with Crippen LogP contribution in [-0.4, -0.2) is 30.1 Å². The molecule has 0 spiro atoms. The van der Waals surface area contributed by atoms with Gasteiger partial charge in [0.05, 0.1) is 6.04 Å². The molecule has 2 fully saturated rings. The Labute approximate surface area is 132 Å². The van der Waals surface area contributed by atoms with Crippen molar-refractivity contribution in [3.05, 3.63) is 35.9 Å². The summed E-state index contributed by atoms with van der Waals surface area (Å²) in [6, 6.07) is 10.5. The minimum atomic E-state index is -0.230. The number of amides is 1. The molecule has 2 aliphatic rings. The summed E-state index contributed by atoms with van der Waals surface area (Å²) >= 11 is 0. The summed E-state index contributed by atoms with van der Waals surface area (Å²) < 4.78 is 6.14. The van der Waals surface area contributed by atoms with Crippen LogP contribution in [0.2, 0.25) is 0 Å². The van der Waals surface area contributed by atoms with E-state index in [-0.39, 0.29) is 18.5 Å². The number of hydrogen-bond donors (Lipinski definition) is 1. The van der Waals surface area contributed by atoms with Crippen LogP contribution in [0, 0.1) is 5.92 Å². The van der Waals surface area contributed by atoms with Crippen molar-refractivity contribution in [2.75, 3.05) is 6.54 Å². The van der Waals surface area contributed by atoms with Gasteiger partial charge < -0.3 is 10.1 Å². The van der Waals surface area contributed by atoms with Crippen molar-refractivity contribution in [1.82, 2.24) is 10.2 Å². The fourth-order valence-corrected chi connectivity index (χ4v) is 3.78. The summed E-state index contributed by atoms with van der Waals surface area (Å²) in [6.45, 7) is 3.20. The highest BCUT2D eigenvalue weighted by Crippen LogP contribution is 2.36. The average molecular weight is 302 g/mol. The molecule has 1 saturated carbocycles. The van der Waals surface area contributed by atoms with Crippen molar-refractivity contribution < 1.29 is 9.53 Å². The molecule has 1 amide bonds. The van der Waals surface area contributed by atoms with E-state index >= 15 is 0 Å². The Kier molecular flexibility index (Phi) is 5.11. The molecule has 4 nitrogen and oxygen atoms in total. The van der Waals surface area contributed by atoms with Gasteiger partial charge in [-0.2, -0.15) is 0 Å². The van der Waals surface area contributed by atoms with Gasteiger partial charge in [0.15, 0.2) is 0 Å². The quantitative estimate of drug-likeness (QED) is 0.850. The van der Waals surface area contributed by atoms with Crippen molar-refractivity contribution in [1.29, 1.82) is 0 Å². The monoisotopic (exact) mass is 302 g/mol. The van der Waals surface area contributed by atoms with Crippen molar-refractivity contribution in [3.63, 3.8) is 0 Å². The Balaban J connectivity index is 1.76. The van der Waals surface area contributed by atoms with E-state index in [1.807, 2.05) is 18.2 Å². The maximum absolute atomic E-state index is 10.8. The van der Waals surface area contributed by atoms with Crippen LogP contribution in [0.4, 0.5) is 0 Å². The summed E-state index contributed by atoms with van der Waals surface area (Å²) in [4.78, 5) is 13.3. The maximum atomic E-state index is 10.8. The normalized spacial score (nSPS) is 30.3. The van der Waals surface area contributed by atoms with Crippen LogP contribution >= 0.6 is 0 Å². The van der Waals surface area contributed by atoms with Crippen LogP contribution in [-0.2, 0) is 9.53 Å². The zero-order valence-electron chi connectivity index (χ0n) is 13.3. The SMILES string of the molecule is CC1C(NC=O)OC(c2ccccc2)N1CC1CCCCC1. The third-order valence-corrected chi connectivity index (χ3v) is 5.05. The lowest BCUT2D eigenvalue weighted by molar-refractivity contribution is -0.113. The first-order valence-electron chi connectivity index (χ1n) is 8.45. The van der Waals surface area contributed by atoms with Crippen LogP contribution in [0.3, 0.4) is 0 Å². The second kappa shape index (κ2) is 7.25. The molecule has 3 atom stereocenters. The number of benzene rings is 1. The molecule has 4 heteroatoms. The Hall–Kier alpha value is -1.39. The fourth-order valence-electron chi connectivity index (χ4n) is 3.78. The van der Waals surface area contributed by atoms with Gasteiger partial charge in [-0.15, -0.1) is 0 Å². The smallest absolute Gasteiger partial charge is 0.209 e. The van der Waals surface area contributed by atoms with Gasteiger partial charge in [0.2, 0.25) is 6.41 Å². The molecule has 1 aromatic rings. The second-order valence-corrected chi connectivity index (χ2v) is 6.55. The van der Waals surface area contributed by atoms with E-state index in [1.165, 1.54) is 37.7 Å². The lowest BCUT2D eigenvalue weighted by Crippen LogP contribution is -2.42. The van der Waals surface area contributed by atoms with Crippen LogP contribution in [0.15, 0.2) is 30.3 Å². The first-order valence-corrected chi connectivity index (χ1v) is 8.45. The van der Waals surface area contributed by atoms with Crippen molar-refractivity contribution >= 4 is 6.41 Å². The topological polar surface area (TPSA) is 41.6 Å². The summed E-state index contributed by atoms with van der Waals surface area (Å²) in [5.41, 5.74) is 1.17. The Bertz CT molecular complexity index is 473. The molecule has 3 rings (SSSR count). The maximum Gasteiger partial charge on any atom is 0.209 e. The van der Waals surface area contributed by atoms with E-state index in [1.54, 1.807) is 0 Å². The fraction of sp³-hybridized carbons (Fsp3) is 0.611. The van der Waals surface area contributed by atoms with Crippen LogP contribution in [0.25, 0.3) is 0 Å². The van der Waals surface area contributed by atoms with Gasteiger partial charge in [-0.3, -0.25) is 9.69 Å². The van der Waals surface area contributed by atoms with Gasteiger partial charge in [-0.05, 0) is 31.2 Å². The molecule has 0 radical (unpaired) electrons. The number of ether oxygens (including phenoxy) is 1. The molecule has 1 heterocycles.